The Labute approximate surface area is 89.6 Å². The number of ether oxygens (including phenoxy) is 1. The van der Waals surface area contributed by atoms with E-state index in [0.717, 1.165) is 12.2 Å². The lowest BCUT2D eigenvalue weighted by Crippen LogP contribution is -2.24. The van der Waals surface area contributed by atoms with Gasteiger partial charge in [0.05, 0.1) is 13.8 Å². The lowest BCUT2D eigenvalue weighted by Gasteiger charge is -2.17. The van der Waals surface area contributed by atoms with Crippen molar-refractivity contribution < 1.29 is 13.9 Å². The molecule has 14 heavy (non-hydrogen) atoms. The van der Waals surface area contributed by atoms with Crippen LogP contribution in [0.2, 0.25) is 0 Å². The fourth-order valence-corrected chi connectivity index (χ4v) is 2.30. The summed E-state index contributed by atoms with van der Waals surface area (Å²) >= 11 is 1.56. The summed E-state index contributed by atoms with van der Waals surface area (Å²) in [6.45, 7) is 3.71. The number of alkyl halides is 1. The molecule has 84 valence electrons. The van der Waals surface area contributed by atoms with Crippen LogP contribution >= 0.6 is 11.8 Å². The SMILES string of the molecule is COC(=O)C(SCCCCF)C(C)C. The summed E-state index contributed by atoms with van der Waals surface area (Å²) in [6.07, 6.45) is 1.40. The minimum atomic E-state index is -0.273. The van der Waals surface area contributed by atoms with Gasteiger partial charge < -0.3 is 4.74 Å². The van der Waals surface area contributed by atoms with Gasteiger partial charge in [-0.3, -0.25) is 9.18 Å². The van der Waals surface area contributed by atoms with E-state index in [1.807, 2.05) is 13.8 Å². The fraction of sp³-hybridized carbons (Fsp3) is 0.900. The van der Waals surface area contributed by atoms with Crippen LogP contribution < -0.4 is 0 Å². The van der Waals surface area contributed by atoms with Crippen molar-refractivity contribution in [2.45, 2.75) is 31.9 Å². The Kier molecular flexibility index (Phi) is 7.95. The molecule has 0 saturated carbocycles. The van der Waals surface area contributed by atoms with E-state index in [4.69, 9.17) is 4.74 Å². The second kappa shape index (κ2) is 8.09. The zero-order valence-corrected chi connectivity index (χ0v) is 9.90. The normalized spacial score (nSPS) is 12.9. The minimum Gasteiger partial charge on any atom is -0.468 e. The van der Waals surface area contributed by atoms with Gasteiger partial charge in [0.15, 0.2) is 0 Å². The second-order valence-electron chi connectivity index (χ2n) is 3.45. The first-order valence-corrected chi connectivity index (χ1v) is 5.93. The van der Waals surface area contributed by atoms with Crippen LogP contribution in [-0.2, 0) is 9.53 Å². The van der Waals surface area contributed by atoms with Crippen LogP contribution in [0.3, 0.4) is 0 Å². The lowest BCUT2D eigenvalue weighted by molar-refractivity contribution is -0.140. The molecule has 0 saturated heterocycles. The van der Waals surface area contributed by atoms with E-state index in [-0.39, 0.29) is 23.8 Å². The Morgan fingerprint density at radius 2 is 2.07 bits per heavy atom. The molecule has 0 aliphatic heterocycles. The quantitative estimate of drug-likeness (QED) is 0.489. The first-order valence-electron chi connectivity index (χ1n) is 4.88. The van der Waals surface area contributed by atoms with Crippen molar-refractivity contribution in [3.8, 4) is 0 Å². The summed E-state index contributed by atoms with van der Waals surface area (Å²) in [7, 11) is 1.40. The van der Waals surface area contributed by atoms with Crippen LogP contribution in [0.1, 0.15) is 26.7 Å². The molecule has 0 bridgehead atoms. The van der Waals surface area contributed by atoms with Crippen LogP contribution in [0.5, 0.6) is 0 Å². The monoisotopic (exact) mass is 222 g/mol. The number of thioether (sulfide) groups is 1. The molecule has 4 heteroatoms. The predicted molar refractivity (Wildman–Crippen MR) is 58.3 cm³/mol. The minimum absolute atomic E-state index is 0.111. The summed E-state index contributed by atoms with van der Waals surface area (Å²) in [6, 6.07) is 0. The first kappa shape index (κ1) is 13.8. The molecule has 1 atom stereocenters. The number of hydrogen-bond acceptors (Lipinski definition) is 3. The van der Waals surface area contributed by atoms with Crippen LogP contribution in [0.25, 0.3) is 0 Å². The third-order valence-corrected chi connectivity index (χ3v) is 3.48. The standard InChI is InChI=1S/C10H19FO2S/c1-8(2)9(10(12)13-3)14-7-5-4-6-11/h8-9H,4-7H2,1-3H3. The highest BCUT2D eigenvalue weighted by molar-refractivity contribution is 8.00. The third kappa shape index (κ3) is 5.47. The second-order valence-corrected chi connectivity index (χ2v) is 4.70. The van der Waals surface area contributed by atoms with Crippen LogP contribution in [0.4, 0.5) is 4.39 Å². The highest BCUT2D eigenvalue weighted by atomic mass is 32.2. The molecule has 0 aliphatic rings. The number of esters is 1. The van der Waals surface area contributed by atoms with Gasteiger partial charge in [-0.15, -0.1) is 11.8 Å². The molecule has 0 rings (SSSR count). The van der Waals surface area contributed by atoms with Crippen LogP contribution in [-0.4, -0.2) is 30.8 Å². The molecular formula is C10H19FO2S. The molecule has 0 aliphatic carbocycles. The van der Waals surface area contributed by atoms with Gasteiger partial charge in [0.1, 0.15) is 5.25 Å². The highest BCUT2D eigenvalue weighted by Crippen LogP contribution is 2.21. The van der Waals surface area contributed by atoms with Gasteiger partial charge in [0.25, 0.3) is 0 Å². The van der Waals surface area contributed by atoms with E-state index in [9.17, 15) is 9.18 Å². The molecule has 0 aromatic rings. The number of rotatable bonds is 7. The molecular weight excluding hydrogens is 203 g/mol. The maximum absolute atomic E-state index is 11.8. The molecule has 0 fully saturated rings. The van der Waals surface area contributed by atoms with Crippen molar-refractivity contribution in [1.29, 1.82) is 0 Å². The average Bonchev–Trinajstić information content (AvgIpc) is 2.16. The zero-order chi connectivity index (χ0) is 11.0. The number of halogens is 1. The van der Waals surface area contributed by atoms with Crippen LogP contribution in [0.15, 0.2) is 0 Å². The fourth-order valence-electron chi connectivity index (χ4n) is 1.06. The van der Waals surface area contributed by atoms with Gasteiger partial charge in [0, 0.05) is 0 Å². The summed E-state index contributed by atoms with van der Waals surface area (Å²) in [5.41, 5.74) is 0. The van der Waals surface area contributed by atoms with Crippen LogP contribution in [0, 0.1) is 5.92 Å². The zero-order valence-electron chi connectivity index (χ0n) is 9.09. The smallest absolute Gasteiger partial charge is 0.319 e. The van der Waals surface area contributed by atoms with E-state index in [2.05, 4.69) is 0 Å². The van der Waals surface area contributed by atoms with Gasteiger partial charge in [-0.2, -0.15) is 0 Å². The summed E-state index contributed by atoms with van der Waals surface area (Å²) in [4.78, 5) is 11.3. The Balaban J connectivity index is 3.80. The van der Waals surface area contributed by atoms with Crippen molar-refractivity contribution in [1.82, 2.24) is 0 Å². The molecule has 2 nitrogen and oxygen atoms in total. The van der Waals surface area contributed by atoms with Gasteiger partial charge >= 0.3 is 5.97 Å². The maximum Gasteiger partial charge on any atom is 0.319 e. The van der Waals surface area contributed by atoms with Crippen molar-refractivity contribution in [2.75, 3.05) is 19.5 Å². The topological polar surface area (TPSA) is 26.3 Å². The van der Waals surface area contributed by atoms with Gasteiger partial charge in [-0.1, -0.05) is 13.8 Å². The van der Waals surface area contributed by atoms with E-state index in [1.165, 1.54) is 7.11 Å². The van der Waals surface area contributed by atoms with E-state index in [1.54, 1.807) is 11.8 Å². The number of carbonyl (C=O) groups excluding carboxylic acids is 1. The Morgan fingerprint density at radius 3 is 2.50 bits per heavy atom. The third-order valence-electron chi connectivity index (χ3n) is 1.86. The predicted octanol–water partition coefficient (Wildman–Crippen LogP) is 2.67. The largest absolute Gasteiger partial charge is 0.468 e. The summed E-state index contributed by atoms with van der Waals surface area (Å²) in [5.74, 6) is 0.907. The Morgan fingerprint density at radius 1 is 1.43 bits per heavy atom. The number of unbranched alkanes of at least 4 members (excludes halogenated alkanes) is 1. The summed E-state index contributed by atoms with van der Waals surface area (Å²) < 4.78 is 16.5. The Bertz CT molecular complexity index is 162. The van der Waals surface area contributed by atoms with Crippen molar-refractivity contribution in [3.63, 3.8) is 0 Å². The molecule has 0 spiro atoms. The Hall–Kier alpha value is -0.250. The molecule has 0 aromatic heterocycles. The van der Waals surface area contributed by atoms with Crippen molar-refractivity contribution >= 4 is 17.7 Å². The number of hydrogen-bond donors (Lipinski definition) is 0. The molecule has 0 heterocycles. The maximum atomic E-state index is 11.8. The van der Waals surface area contributed by atoms with E-state index < -0.39 is 0 Å². The van der Waals surface area contributed by atoms with Gasteiger partial charge in [0.2, 0.25) is 0 Å². The average molecular weight is 222 g/mol. The lowest BCUT2D eigenvalue weighted by atomic mass is 10.1. The highest BCUT2D eigenvalue weighted by Gasteiger charge is 2.22. The number of methoxy groups -OCH3 is 1. The van der Waals surface area contributed by atoms with E-state index >= 15 is 0 Å². The number of carbonyl (C=O) groups is 1. The summed E-state index contributed by atoms with van der Waals surface area (Å²) in [5, 5.41) is -0.111. The molecule has 0 aromatic carbocycles. The molecule has 1 unspecified atom stereocenters. The van der Waals surface area contributed by atoms with Gasteiger partial charge in [-0.05, 0) is 24.5 Å². The van der Waals surface area contributed by atoms with Crippen molar-refractivity contribution in [3.05, 3.63) is 0 Å². The molecule has 0 radical (unpaired) electrons. The molecule has 0 amide bonds. The first-order chi connectivity index (χ1) is 6.63. The van der Waals surface area contributed by atoms with Crippen molar-refractivity contribution in [2.24, 2.45) is 5.92 Å². The van der Waals surface area contributed by atoms with Gasteiger partial charge in [-0.25, -0.2) is 0 Å². The molecule has 0 N–H and O–H groups in total. The van der Waals surface area contributed by atoms with E-state index in [0.29, 0.717) is 6.42 Å².